The second kappa shape index (κ2) is 9.53. The van der Waals surface area contributed by atoms with Crippen molar-refractivity contribution in [2.45, 2.75) is 17.6 Å². The molecule has 3 rings (SSSR count). The van der Waals surface area contributed by atoms with Crippen LogP contribution in [0, 0.1) is 5.41 Å². The Balaban J connectivity index is 0.00000300. The number of nitrogens with zero attached hydrogens (tertiary/aromatic N) is 1. The van der Waals surface area contributed by atoms with Crippen molar-refractivity contribution in [2.75, 3.05) is 6.54 Å². The van der Waals surface area contributed by atoms with Crippen LogP contribution in [0.2, 0.25) is 0 Å². The van der Waals surface area contributed by atoms with E-state index in [9.17, 15) is 18.0 Å². The molecule has 0 bridgehead atoms. The monoisotopic (exact) mass is 534 g/mol. The van der Waals surface area contributed by atoms with Gasteiger partial charge >= 0.3 is 6.18 Å². The van der Waals surface area contributed by atoms with Crippen molar-refractivity contribution in [3.05, 3.63) is 65.9 Å². The van der Waals surface area contributed by atoms with Gasteiger partial charge in [0.1, 0.15) is 0 Å². The van der Waals surface area contributed by atoms with Crippen LogP contribution >= 0.6 is 35.7 Å². The second-order valence-electron chi connectivity index (χ2n) is 6.00. The Morgan fingerprint density at radius 1 is 1.17 bits per heavy atom. The number of amidine groups is 1. The minimum absolute atomic E-state index is 0. The number of carbonyl (C=O) groups is 1. The highest BCUT2D eigenvalue weighted by molar-refractivity contribution is 14.0. The van der Waals surface area contributed by atoms with Crippen molar-refractivity contribution in [2.24, 2.45) is 5.73 Å². The average Bonchev–Trinajstić information content (AvgIpc) is 2.98. The van der Waals surface area contributed by atoms with Crippen LogP contribution in [0.1, 0.15) is 15.9 Å². The highest BCUT2D eigenvalue weighted by Gasteiger charge is 2.30. The second-order valence-corrected chi connectivity index (χ2v) is 7.09. The molecule has 10 heteroatoms. The minimum atomic E-state index is -4.49. The van der Waals surface area contributed by atoms with Gasteiger partial charge in [-0.15, -0.1) is 24.0 Å². The standard InChI is InChI=1S/C19H17F3N4OS.HI/c20-19(21,22)13-5-3-4-12(10-13)17(27)25-8-9-26-11-16(28-18(23)24)14-6-1-2-7-15(14)26;/h1-7,10-11H,8-9H2,(H3,23,24)(H,25,27);1H. The van der Waals surface area contributed by atoms with Gasteiger partial charge in [0.2, 0.25) is 0 Å². The number of halogens is 4. The minimum Gasteiger partial charge on any atom is -0.378 e. The molecular formula is C19H18F3IN4OS. The van der Waals surface area contributed by atoms with Gasteiger partial charge in [-0.1, -0.05) is 36.0 Å². The fourth-order valence-electron chi connectivity index (χ4n) is 2.83. The van der Waals surface area contributed by atoms with Gasteiger partial charge in [-0.2, -0.15) is 13.2 Å². The number of nitrogens with two attached hydrogens (primary N) is 1. The van der Waals surface area contributed by atoms with E-state index in [0.29, 0.717) is 6.54 Å². The lowest BCUT2D eigenvalue weighted by atomic mass is 10.1. The molecule has 0 atom stereocenters. The molecule has 4 N–H and O–H groups in total. The van der Waals surface area contributed by atoms with Crippen molar-refractivity contribution >= 4 is 57.7 Å². The molecule has 0 aliphatic rings. The van der Waals surface area contributed by atoms with Gasteiger partial charge in [0.25, 0.3) is 5.91 Å². The Morgan fingerprint density at radius 2 is 1.90 bits per heavy atom. The van der Waals surface area contributed by atoms with Crippen molar-refractivity contribution < 1.29 is 18.0 Å². The number of para-hydroxylation sites is 1. The summed E-state index contributed by atoms with van der Waals surface area (Å²) < 4.78 is 40.3. The molecule has 3 aromatic rings. The summed E-state index contributed by atoms with van der Waals surface area (Å²) in [5.41, 5.74) is 5.49. The van der Waals surface area contributed by atoms with Crippen LogP contribution in [0.4, 0.5) is 13.2 Å². The number of fused-ring (bicyclic) bond motifs is 1. The third kappa shape index (κ3) is 5.66. The number of nitrogens with one attached hydrogen (secondary N) is 2. The SMILES string of the molecule is I.N=C(N)Sc1cn(CCNC(=O)c2cccc(C(F)(F)F)c2)c2ccccc12. The highest BCUT2D eigenvalue weighted by Crippen LogP contribution is 2.30. The topological polar surface area (TPSA) is 83.9 Å². The van der Waals surface area contributed by atoms with Gasteiger partial charge in [0.05, 0.1) is 5.56 Å². The lowest BCUT2D eigenvalue weighted by Gasteiger charge is -2.10. The number of rotatable bonds is 5. The first kappa shape index (κ1) is 23.1. The summed E-state index contributed by atoms with van der Waals surface area (Å²) in [5, 5.41) is 11.0. The molecule has 1 heterocycles. The van der Waals surface area contributed by atoms with E-state index in [1.54, 1.807) is 0 Å². The molecular weight excluding hydrogens is 516 g/mol. The van der Waals surface area contributed by atoms with Gasteiger partial charge in [-0.25, -0.2) is 0 Å². The van der Waals surface area contributed by atoms with Crippen LogP contribution in [0.5, 0.6) is 0 Å². The molecule has 2 aromatic carbocycles. The summed E-state index contributed by atoms with van der Waals surface area (Å²) in [5.74, 6) is -0.569. The van der Waals surface area contributed by atoms with E-state index >= 15 is 0 Å². The molecule has 0 unspecified atom stereocenters. The maximum Gasteiger partial charge on any atom is 0.416 e. The number of benzene rings is 2. The summed E-state index contributed by atoms with van der Waals surface area (Å²) in [6.45, 7) is 0.654. The molecule has 0 aliphatic heterocycles. The lowest BCUT2D eigenvalue weighted by molar-refractivity contribution is -0.137. The van der Waals surface area contributed by atoms with Gasteiger partial charge < -0.3 is 15.6 Å². The van der Waals surface area contributed by atoms with Gasteiger partial charge in [-0.3, -0.25) is 10.2 Å². The number of thioether (sulfide) groups is 1. The average molecular weight is 534 g/mol. The maximum atomic E-state index is 12.8. The van der Waals surface area contributed by atoms with E-state index in [2.05, 4.69) is 5.32 Å². The maximum absolute atomic E-state index is 12.8. The Bertz CT molecular complexity index is 1040. The van der Waals surface area contributed by atoms with Crippen LogP contribution in [0.25, 0.3) is 10.9 Å². The van der Waals surface area contributed by atoms with Gasteiger partial charge in [0.15, 0.2) is 5.17 Å². The Labute approximate surface area is 186 Å². The molecule has 154 valence electrons. The molecule has 0 spiro atoms. The summed E-state index contributed by atoms with van der Waals surface area (Å²) >= 11 is 1.14. The number of carbonyl (C=O) groups excluding carboxylic acids is 1. The van der Waals surface area contributed by atoms with E-state index in [0.717, 1.165) is 39.7 Å². The molecule has 0 aliphatic carbocycles. The molecule has 0 fully saturated rings. The van der Waals surface area contributed by atoms with Crippen LogP contribution in [-0.4, -0.2) is 22.2 Å². The zero-order chi connectivity index (χ0) is 20.3. The van der Waals surface area contributed by atoms with Crippen molar-refractivity contribution in [3.8, 4) is 0 Å². The van der Waals surface area contributed by atoms with E-state index in [1.165, 1.54) is 12.1 Å². The van der Waals surface area contributed by atoms with Crippen LogP contribution in [0.3, 0.4) is 0 Å². The number of hydrogen-bond acceptors (Lipinski definition) is 3. The summed E-state index contributed by atoms with van der Waals surface area (Å²) in [6, 6.07) is 11.9. The first-order valence-electron chi connectivity index (χ1n) is 8.31. The smallest absolute Gasteiger partial charge is 0.378 e. The van der Waals surface area contributed by atoms with Crippen LogP contribution in [-0.2, 0) is 12.7 Å². The van der Waals surface area contributed by atoms with Crippen LogP contribution in [0.15, 0.2) is 59.6 Å². The number of alkyl halides is 3. The molecule has 1 aromatic heterocycles. The number of hydrogen-bond donors (Lipinski definition) is 3. The summed E-state index contributed by atoms with van der Waals surface area (Å²) in [7, 11) is 0. The fraction of sp³-hybridized carbons (Fsp3) is 0.158. The Kier molecular flexibility index (Phi) is 7.58. The molecule has 0 radical (unpaired) electrons. The molecule has 29 heavy (non-hydrogen) atoms. The molecule has 0 saturated carbocycles. The Hall–Kier alpha value is -2.21. The number of amides is 1. The van der Waals surface area contributed by atoms with Crippen molar-refractivity contribution in [3.63, 3.8) is 0 Å². The zero-order valence-corrected chi connectivity index (χ0v) is 18.1. The van der Waals surface area contributed by atoms with Gasteiger partial charge in [0, 0.05) is 40.6 Å². The molecule has 0 saturated heterocycles. The molecule has 1 amide bonds. The normalized spacial score (nSPS) is 11.1. The first-order chi connectivity index (χ1) is 13.3. The highest BCUT2D eigenvalue weighted by atomic mass is 127. The predicted molar refractivity (Wildman–Crippen MR) is 119 cm³/mol. The van der Waals surface area contributed by atoms with Gasteiger partial charge in [-0.05, 0) is 24.3 Å². The quantitative estimate of drug-likeness (QED) is 0.192. The lowest BCUT2D eigenvalue weighted by Crippen LogP contribution is -2.27. The third-order valence-electron chi connectivity index (χ3n) is 4.06. The third-order valence-corrected chi connectivity index (χ3v) is 4.83. The molecule has 5 nitrogen and oxygen atoms in total. The zero-order valence-electron chi connectivity index (χ0n) is 15.0. The predicted octanol–water partition coefficient (Wildman–Crippen LogP) is 4.69. The van der Waals surface area contributed by atoms with E-state index in [4.69, 9.17) is 11.1 Å². The largest absolute Gasteiger partial charge is 0.416 e. The summed E-state index contributed by atoms with van der Waals surface area (Å²) in [4.78, 5) is 13.0. The van der Waals surface area contributed by atoms with Crippen molar-refractivity contribution in [1.29, 1.82) is 5.41 Å². The van der Waals surface area contributed by atoms with E-state index in [-0.39, 0.29) is 41.3 Å². The van der Waals surface area contributed by atoms with Crippen LogP contribution < -0.4 is 11.1 Å². The number of aromatic nitrogens is 1. The first-order valence-corrected chi connectivity index (χ1v) is 9.12. The summed E-state index contributed by atoms with van der Waals surface area (Å²) in [6.07, 6.45) is -2.65. The van der Waals surface area contributed by atoms with Crippen molar-refractivity contribution in [1.82, 2.24) is 9.88 Å². The fourth-order valence-corrected chi connectivity index (χ4v) is 3.53. The van der Waals surface area contributed by atoms with E-state index in [1.807, 2.05) is 35.0 Å². The van der Waals surface area contributed by atoms with E-state index < -0.39 is 17.6 Å². The Morgan fingerprint density at radius 3 is 2.59 bits per heavy atom.